The first-order chi connectivity index (χ1) is 14.3. The summed E-state index contributed by atoms with van der Waals surface area (Å²) in [6, 6.07) is 7.18. The van der Waals surface area contributed by atoms with Crippen molar-refractivity contribution in [2.45, 2.75) is 44.1 Å². The lowest BCUT2D eigenvalue weighted by atomic mass is 9.97. The molecule has 0 radical (unpaired) electrons. The molecule has 6 nitrogen and oxygen atoms in total. The lowest BCUT2D eigenvalue weighted by molar-refractivity contribution is -0.145. The molecule has 1 unspecified atom stereocenters. The van der Waals surface area contributed by atoms with E-state index in [0.717, 1.165) is 12.8 Å². The van der Waals surface area contributed by atoms with Crippen LogP contribution in [0.5, 0.6) is 0 Å². The number of benzene rings is 1. The second-order valence-electron chi connectivity index (χ2n) is 8.34. The van der Waals surface area contributed by atoms with E-state index < -0.39 is 11.4 Å². The monoisotopic (exact) mass is 469 g/mol. The first kappa shape index (κ1) is 23.3. The molecule has 1 aliphatic heterocycles. The molecule has 9 heteroatoms. The van der Waals surface area contributed by atoms with Gasteiger partial charge in [-0.25, -0.2) is 4.79 Å². The number of amides is 2. The molecule has 1 saturated carbocycles. The number of anilines is 1. The Morgan fingerprint density at radius 3 is 2.70 bits per heavy atom. The van der Waals surface area contributed by atoms with Crippen molar-refractivity contribution in [3.63, 3.8) is 0 Å². The van der Waals surface area contributed by atoms with Crippen molar-refractivity contribution in [2.75, 3.05) is 23.7 Å². The lowest BCUT2D eigenvalue weighted by Gasteiger charge is -2.27. The zero-order valence-electron chi connectivity index (χ0n) is 17.3. The first-order valence-corrected chi connectivity index (χ1v) is 12.5. The number of urea groups is 1. The molecule has 1 aliphatic carbocycles. The number of nitrogens with zero attached hydrogens (tertiary/aromatic N) is 2. The van der Waals surface area contributed by atoms with Gasteiger partial charge in [-0.05, 0) is 44.7 Å². The molecule has 0 saturated heterocycles. The SMILES string of the molecule is CC(C)(CSC1CN=C(NC(=O)N(CC2CCCC2)c2ccccc2Cl)S1)C(=O)O. The highest BCUT2D eigenvalue weighted by atomic mass is 35.5. The largest absolute Gasteiger partial charge is 0.481 e. The van der Waals surface area contributed by atoms with Crippen LogP contribution in [0, 0.1) is 11.3 Å². The fourth-order valence-corrected chi connectivity index (χ4v) is 6.03. The number of aliphatic imine (C=N–C) groups is 1. The maximum Gasteiger partial charge on any atom is 0.327 e. The van der Waals surface area contributed by atoms with Crippen LogP contribution in [0.25, 0.3) is 0 Å². The van der Waals surface area contributed by atoms with E-state index in [1.165, 1.54) is 24.6 Å². The van der Waals surface area contributed by atoms with Crippen LogP contribution >= 0.6 is 35.1 Å². The number of carbonyl (C=O) groups excluding carboxylic acids is 1. The Kier molecular flexibility index (Phi) is 7.98. The van der Waals surface area contributed by atoms with Crippen LogP contribution in [0.15, 0.2) is 29.3 Å². The summed E-state index contributed by atoms with van der Waals surface area (Å²) >= 11 is 9.43. The van der Waals surface area contributed by atoms with E-state index in [1.807, 2.05) is 18.2 Å². The molecule has 1 fully saturated rings. The second kappa shape index (κ2) is 10.3. The third kappa shape index (κ3) is 6.08. The van der Waals surface area contributed by atoms with Crippen LogP contribution in [-0.4, -0.2) is 45.7 Å². The Morgan fingerprint density at radius 2 is 2.03 bits per heavy atom. The molecular formula is C21H28ClN3O3S2. The smallest absolute Gasteiger partial charge is 0.327 e. The van der Waals surface area contributed by atoms with E-state index in [4.69, 9.17) is 11.6 Å². The third-order valence-electron chi connectivity index (χ3n) is 5.35. The Labute approximate surface area is 191 Å². The molecule has 0 aromatic heterocycles. The summed E-state index contributed by atoms with van der Waals surface area (Å²) in [7, 11) is 0. The van der Waals surface area contributed by atoms with Gasteiger partial charge in [-0.2, -0.15) is 0 Å². The van der Waals surface area contributed by atoms with Crippen LogP contribution in [0.3, 0.4) is 0 Å². The van der Waals surface area contributed by atoms with Gasteiger partial charge < -0.3 is 5.11 Å². The minimum absolute atomic E-state index is 0.0996. The highest BCUT2D eigenvalue weighted by molar-refractivity contribution is 8.25. The van der Waals surface area contributed by atoms with E-state index in [9.17, 15) is 14.7 Å². The maximum absolute atomic E-state index is 13.1. The summed E-state index contributed by atoms with van der Waals surface area (Å²) in [5.41, 5.74) is -0.0828. The number of amidine groups is 1. The van der Waals surface area contributed by atoms with E-state index in [-0.39, 0.29) is 10.6 Å². The van der Waals surface area contributed by atoms with E-state index in [1.54, 1.807) is 36.6 Å². The van der Waals surface area contributed by atoms with E-state index in [0.29, 0.717) is 40.6 Å². The molecule has 0 bridgehead atoms. The van der Waals surface area contributed by atoms with Crippen molar-refractivity contribution < 1.29 is 14.7 Å². The minimum Gasteiger partial charge on any atom is -0.481 e. The number of rotatable bonds is 7. The van der Waals surface area contributed by atoms with Gasteiger partial charge in [-0.3, -0.25) is 20.0 Å². The zero-order valence-corrected chi connectivity index (χ0v) is 19.7. The van der Waals surface area contributed by atoms with Crippen molar-refractivity contribution in [3.05, 3.63) is 29.3 Å². The number of carbonyl (C=O) groups is 2. The molecular weight excluding hydrogens is 442 g/mol. The number of hydrogen-bond acceptors (Lipinski definition) is 5. The average Bonchev–Trinajstić information content (AvgIpc) is 3.37. The van der Waals surface area contributed by atoms with Crippen molar-refractivity contribution in [3.8, 4) is 0 Å². The number of thioether (sulfide) groups is 2. The average molecular weight is 470 g/mol. The van der Waals surface area contributed by atoms with Crippen molar-refractivity contribution in [2.24, 2.45) is 16.3 Å². The van der Waals surface area contributed by atoms with Gasteiger partial charge in [0.1, 0.15) is 0 Å². The van der Waals surface area contributed by atoms with Gasteiger partial charge in [0.2, 0.25) is 0 Å². The number of carboxylic acid groups (broad SMARTS) is 1. The number of para-hydroxylation sites is 1. The van der Waals surface area contributed by atoms with Gasteiger partial charge in [0.05, 0.1) is 27.3 Å². The minimum atomic E-state index is -0.810. The van der Waals surface area contributed by atoms with Crippen molar-refractivity contribution in [1.82, 2.24) is 5.32 Å². The molecule has 0 spiro atoms. The number of carboxylic acids is 1. The van der Waals surface area contributed by atoms with Gasteiger partial charge >= 0.3 is 12.0 Å². The van der Waals surface area contributed by atoms with Gasteiger partial charge in [0, 0.05) is 12.3 Å². The standard InChI is InChI=1S/C21H28ClN3O3S2/c1-21(2,18(26)27)13-29-17-11-23-19(30-17)24-20(28)25(12-14-7-3-4-8-14)16-10-6-5-9-15(16)22/h5-6,9-10,14,17H,3-4,7-8,11-13H2,1-2H3,(H,26,27)(H,23,24,28). The van der Waals surface area contributed by atoms with Crippen molar-refractivity contribution >= 4 is 58.0 Å². The van der Waals surface area contributed by atoms with Crippen LogP contribution in [0.1, 0.15) is 39.5 Å². The topological polar surface area (TPSA) is 82.0 Å². The van der Waals surface area contributed by atoms with Crippen LogP contribution < -0.4 is 10.2 Å². The summed E-state index contributed by atoms with van der Waals surface area (Å²) < 4.78 is 0.0996. The van der Waals surface area contributed by atoms with Gasteiger partial charge in [-0.1, -0.05) is 48.3 Å². The predicted octanol–water partition coefficient (Wildman–Crippen LogP) is 5.32. The molecule has 1 atom stereocenters. The van der Waals surface area contributed by atoms with Crippen LogP contribution in [0.4, 0.5) is 10.5 Å². The molecule has 2 N–H and O–H groups in total. The fourth-order valence-electron chi connectivity index (χ4n) is 3.45. The Hall–Kier alpha value is -1.38. The van der Waals surface area contributed by atoms with Crippen molar-refractivity contribution in [1.29, 1.82) is 0 Å². The molecule has 1 aromatic carbocycles. The highest BCUT2D eigenvalue weighted by Gasteiger charge is 2.31. The predicted molar refractivity (Wildman–Crippen MR) is 127 cm³/mol. The highest BCUT2D eigenvalue weighted by Crippen LogP contribution is 2.35. The summed E-state index contributed by atoms with van der Waals surface area (Å²) in [6.07, 6.45) is 4.66. The van der Waals surface area contributed by atoms with Gasteiger partial charge in [0.15, 0.2) is 5.17 Å². The van der Waals surface area contributed by atoms with E-state index >= 15 is 0 Å². The maximum atomic E-state index is 13.1. The summed E-state index contributed by atoms with van der Waals surface area (Å²) in [5.74, 6) is 0.158. The number of halogens is 1. The summed E-state index contributed by atoms with van der Waals surface area (Å²) in [4.78, 5) is 30.6. The molecule has 30 heavy (non-hydrogen) atoms. The fraction of sp³-hybridized carbons (Fsp3) is 0.571. The quantitative estimate of drug-likeness (QED) is 0.564. The third-order valence-corrected chi connectivity index (χ3v) is 8.65. The Morgan fingerprint density at radius 1 is 1.33 bits per heavy atom. The molecule has 3 rings (SSSR count). The van der Waals surface area contributed by atoms with Gasteiger partial charge in [0.25, 0.3) is 0 Å². The molecule has 2 aliphatic rings. The first-order valence-electron chi connectivity index (χ1n) is 10.2. The van der Waals surface area contributed by atoms with E-state index in [2.05, 4.69) is 10.3 Å². The molecule has 164 valence electrons. The normalized spacial score (nSPS) is 19.6. The molecule has 1 aromatic rings. The van der Waals surface area contributed by atoms with Crippen LogP contribution in [0.2, 0.25) is 5.02 Å². The number of hydrogen-bond donors (Lipinski definition) is 2. The van der Waals surface area contributed by atoms with Gasteiger partial charge in [-0.15, -0.1) is 11.8 Å². The Bertz CT molecular complexity index is 812. The zero-order chi connectivity index (χ0) is 21.7. The second-order valence-corrected chi connectivity index (χ2v) is 11.4. The summed E-state index contributed by atoms with van der Waals surface area (Å²) in [6.45, 7) is 4.62. The lowest BCUT2D eigenvalue weighted by Crippen LogP contribution is -2.44. The number of aliphatic carboxylic acids is 1. The number of nitrogens with one attached hydrogen (secondary N) is 1. The Balaban J connectivity index is 1.60. The molecule has 1 heterocycles. The summed E-state index contributed by atoms with van der Waals surface area (Å²) in [5, 5.41) is 13.3. The molecule has 2 amide bonds. The van der Waals surface area contributed by atoms with Crippen LogP contribution in [-0.2, 0) is 4.79 Å².